The van der Waals surface area contributed by atoms with Gasteiger partial charge in [0, 0.05) is 52.4 Å². The monoisotopic (exact) mass is 410 g/mol. The topological polar surface area (TPSA) is 72.4 Å². The number of likely N-dealkylation sites (tertiary alicyclic amines) is 1. The van der Waals surface area contributed by atoms with Crippen LogP contribution >= 0.6 is 0 Å². The highest BCUT2D eigenvalue weighted by molar-refractivity contribution is 5.79. The predicted octanol–water partition coefficient (Wildman–Crippen LogP) is 1.58. The molecule has 0 radical (unpaired) electrons. The minimum Gasteiger partial charge on any atom is -0.444 e. The molecule has 0 spiro atoms. The average Bonchev–Trinajstić information content (AvgIpc) is 3.14. The lowest BCUT2D eigenvalue weighted by molar-refractivity contribution is 0.0145. The van der Waals surface area contributed by atoms with Gasteiger partial charge in [-0.25, -0.2) is 4.79 Å². The van der Waals surface area contributed by atoms with Crippen molar-refractivity contribution < 1.29 is 9.53 Å². The van der Waals surface area contributed by atoms with Gasteiger partial charge >= 0.3 is 6.09 Å². The number of aliphatic imine (C=N–C) groups is 1. The van der Waals surface area contributed by atoms with Crippen LogP contribution < -0.4 is 10.6 Å². The highest BCUT2D eigenvalue weighted by atomic mass is 16.6. The molecule has 2 saturated heterocycles. The molecule has 1 unspecified atom stereocenters. The fraction of sp³-hybridized carbons (Fsp3) is 0.905. The Kier molecular flexibility index (Phi) is 9.49. The minimum atomic E-state index is -0.431. The molecule has 0 aromatic rings. The summed E-state index contributed by atoms with van der Waals surface area (Å²) in [5, 5.41) is 6.90. The second-order valence-corrected chi connectivity index (χ2v) is 8.97. The van der Waals surface area contributed by atoms with Crippen molar-refractivity contribution in [1.82, 2.24) is 25.3 Å². The van der Waals surface area contributed by atoms with Crippen molar-refractivity contribution in [1.29, 1.82) is 0 Å². The van der Waals surface area contributed by atoms with Crippen molar-refractivity contribution in [3.8, 4) is 0 Å². The molecule has 0 saturated carbocycles. The molecule has 29 heavy (non-hydrogen) atoms. The summed E-state index contributed by atoms with van der Waals surface area (Å²) < 4.78 is 5.46. The second-order valence-electron chi connectivity index (χ2n) is 8.97. The van der Waals surface area contributed by atoms with Crippen molar-refractivity contribution in [3.05, 3.63) is 0 Å². The Labute approximate surface area is 177 Å². The molecule has 2 aliphatic rings. The van der Waals surface area contributed by atoms with Gasteiger partial charge in [-0.1, -0.05) is 6.92 Å². The Morgan fingerprint density at radius 2 is 1.86 bits per heavy atom. The van der Waals surface area contributed by atoms with Gasteiger partial charge in [0.05, 0.1) is 0 Å². The summed E-state index contributed by atoms with van der Waals surface area (Å²) in [5.41, 5.74) is -0.431. The van der Waals surface area contributed by atoms with Gasteiger partial charge in [-0.2, -0.15) is 0 Å². The molecule has 2 aliphatic heterocycles. The highest BCUT2D eigenvalue weighted by Crippen LogP contribution is 2.15. The molecule has 0 aliphatic carbocycles. The number of carbonyl (C=O) groups excluding carboxylic acids is 1. The molecule has 2 heterocycles. The van der Waals surface area contributed by atoms with Crippen LogP contribution in [0.25, 0.3) is 0 Å². The zero-order chi connectivity index (χ0) is 21.3. The zero-order valence-electron chi connectivity index (χ0n) is 19.2. The number of carbonyl (C=O) groups is 1. The molecular formula is C21H42N6O2. The van der Waals surface area contributed by atoms with E-state index in [0.717, 1.165) is 64.7 Å². The SMILES string of the molecule is CCN1CCCC1CNC(=NC)NCCCN1CCN(C(=O)OC(C)(C)C)CC1. The Morgan fingerprint density at radius 3 is 2.48 bits per heavy atom. The van der Waals surface area contributed by atoms with Gasteiger partial charge in [-0.15, -0.1) is 0 Å². The van der Waals surface area contributed by atoms with Crippen LogP contribution in [-0.4, -0.2) is 104 Å². The lowest BCUT2D eigenvalue weighted by Crippen LogP contribution is -2.50. The van der Waals surface area contributed by atoms with Crippen LogP contribution in [0.1, 0.15) is 47.0 Å². The summed E-state index contributed by atoms with van der Waals surface area (Å²) in [6.45, 7) is 16.5. The molecule has 2 fully saturated rings. The minimum absolute atomic E-state index is 0.197. The maximum absolute atomic E-state index is 12.1. The Bertz CT molecular complexity index is 526. The number of nitrogens with zero attached hydrogens (tertiary/aromatic N) is 4. The fourth-order valence-electron chi connectivity index (χ4n) is 3.97. The smallest absolute Gasteiger partial charge is 0.410 e. The highest BCUT2D eigenvalue weighted by Gasteiger charge is 2.25. The van der Waals surface area contributed by atoms with E-state index in [1.54, 1.807) is 0 Å². The van der Waals surface area contributed by atoms with Crippen molar-refractivity contribution in [2.45, 2.75) is 58.6 Å². The van der Waals surface area contributed by atoms with Crippen LogP contribution in [0.5, 0.6) is 0 Å². The van der Waals surface area contributed by atoms with E-state index in [1.165, 1.54) is 19.4 Å². The summed E-state index contributed by atoms with van der Waals surface area (Å²) in [5.74, 6) is 0.891. The van der Waals surface area contributed by atoms with Gasteiger partial charge in [0.15, 0.2) is 5.96 Å². The molecule has 0 bridgehead atoms. The van der Waals surface area contributed by atoms with Gasteiger partial charge in [-0.05, 0) is 59.7 Å². The van der Waals surface area contributed by atoms with Gasteiger partial charge in [0.25, 0.3) is 0 Å². The van der Waals surface area contributed by atoms with Crippen molar-refractivity contribution in [3.63, 3.8) is 0 Å². The van der Waals surface area contributed by atoms with E-state index in [9.17, 15) is 4.79 Å². The lowest BCUT2D eigenvalue weighted by atomic mass is 10.2. The van der Waals surface area contributed by atoms with Crippen LogP contribution in [0, 0.1) is 0 Å². The number of guanidine groups is 1. The van der Waals surface area contributed by atoms with E-state index < -0.39 is 5.60 Å². The number of likely N-dealkylation sites (N-methyl/N-ethyl adjacent to an activating group) is 1. The number of hydrogen-bond donors (Lipinski definition) is 2. The summed E-state index contributed by atoms with van der Waals surface area (Å²) in [7, 11) is 1.83. The van der Waals surface area contributed by atoms with E-state index in [1.807, 2.05) is 32.7 Å². The van der Waals surface area contributed by atoms with Crippen molar-refractivity contribution >= 4 is 12.1 Å². The number of amides is 1. The third-order valence-electron chi connectivity index (χ3n) is 5.60. The first-order valence-electron chi connectivity index (χ1n) is 11.2. The van der Waals surface area contributed by atoms with Gasteiger partial charge in [0.2, 0.25) is 0 Å². The number of rotatable bonds is 7. The molecule has 8 heteroatoms. The Hall–Kier alpha value is -1.54. The summed E-state index contributed by atoms with van der Waals surface area (Å²) in [6, 6.07) is 0.625. The molecular weight excluding hydrogens is 368 g/mol. The fourth-order valence-corrected chi connectivity index (χ4v) is 3.97. The molecule has 0 aromatic heterocycles. The lowest BCUT2D eigenvalue weighted by Gasteiger charge is -2.35. The van der Waals surface area contributed by atoms with Crippen LogP contribution in [0.15, 0.2) is 4.99 Å². The summed E-state index contributed by atoms with van der Waals surface area (Å²) >= 11 is 0. The van der Waals surface area contributed by atoms with E-state index in [0.29, 0.717) is 6.04 Å². The van der Waals surface area contributed by atoms with E-state index in [2.05, 4.69) is 32.3 Å². The number of nitrogens with one attached hydrogen (secondary N) is 2. The van der Waals surface area contributed by atoms with Crippen molar-refractivity contribution in [2.75, 3.05) is 66.0 Å². The van der Waals surface area contributed by atoms with E-state index >= 15 is 0 Å². The van der Waals surface area contributed by atoms with Crippen molar-refractivity contribution in [2.24, 2.45) is 4.99 Å². The Balaban J connectivity index is 1.57. The molecule has 2 N–H and O–H groups in total. The first kappa shape index (κ1) is 23.7. The average molecular weight is 411 g/mol. The van der Waals surface area contributed by atoms with E-state index in [-0.39, 0.29) is 6.09 Å². The molecule has 1 amide bonds. The Morgan fingerprint density at radius 1 is 1.14 bits per heavy atom. The van der Waals surface area contributed by atoms with Gasteiger partial charge in [0.1, 0.15) is 5.60 Å². The van der Waals surface area contributed by atoms with Crippen LogP contribution in [0.4, 0.5) is 4.79 Å². The number of piperazine rings is 1. The zero-order valence-corrected chi connectivity index (χ0v) is 19.2. The molecule has 2 rings (SSSR count). The molecule has 0 aromatic carbocycles. The van der Waals surface area contributed by atoms with E-state index in [4.69, 9.17) is 4.74 Å². The normalized spacial score (nSPS) is 22.0. The molecule has 1 atom stereocenters. The molecule has 168 valence electrons. The van der Waals surface area contributed by atoms with Gasteiger partial charge in [-0.3, -0.25) is 14.8 Å². The maximum atomic E-state index is 12.1. The van der Waals surface area contributed by atoms with Gasteiger partial charge < -0.3 is 20.3 Å². The van der Waals surface area contributed by atoms with Crippen LogP contribution in [0.3, 0.4) is 0 Å². The van der Waals surface area contributed by atoms with Crippen LogP contribution in [-0.2, 0) is 4.74 Å². The number of ether oxygens (including phenoxy) is 1. The summed E-state index contributed by atoms with van der Waals surface area (Å²) in [6.07, 6.45) is 3.43. The second kappa shape index (κ2) is 11.6. The largest absolute Gasteiger partial charge is 0.444 e. The third kappa shape index (κ3) is 8.38. The molecule has 8 nitrogen and oxygen atoms in total. The predicted molar refractivity (Wildman–Crippen MR) is 118 cm³/mol. The maximum Gasteiger partial charge on any atom is 0.410 e. The third-order valence-corrected chi connectivity index (χ3v) is 5.60. The first-order chi connectivity index (χ1) is 13.8. The standard InChI is InChI=1S/C21H42N6O2/c1-6-26-12-7-9-18(26)17-24-19(22-5)23-10-8-11-25-13-15-27(16-14-25)20(28)29-21(2,3)4/h18H,6-17H2,1-5H3,(H2,22,23,24). The number of hydrogen-bond acceptors (Lipinski definition) is 5. The quantitative estimate of drug-likeness (QED) is 0.377. The summed E-state index contributed by atoms with van der Waals surface area (Å²) in [4.78, 5) is 23.2. The van der Waals surface area contributed by atoms with Crippen LogP contribution in [0.2, 0.25) is 0 Å². The first-order valence-corrected chi connectivity index (χ1v) is 11.2.